The number of hydrogen-bond donors (Lipinski definition) is 1. The van der Waals surface area contributed by atoms with Crippen LogP contribution < -0.4 is 28.9 Å². The number of rotatable bonds is 30. The van der Waals surface area contributed by atoms with Crippen molar-refractivity contribution in [1.82, 2.24) is 4.90 Å². The van der Waals surface area contributed by atoms with Crippen LogP contribution >= 0.6 is 0 Å². The lowest BCUT2D eigenvalue weighted by atomic mass is 10.0. The van der Waals surface area contributed by atoms with Crippen LogP contribution in [0, 0.1) is 0 Å². The molecule has 0 radical (unpaired) electrons. The largest absolute Gasteiger partial charge is 1.00 e. The van der Waals surface area contributed by atoms with Crippen LogP contribution in [0.1, 0.15) is 194 Å². The van der Waals surface area contributed by atoms with Crippen molar-refractivity contribution in [3.8, 4) is 0 Å². The standard InChI is InChI=1S/C35H70N2.HI/c1-3-5-7-9-11-13-15-17-19-21-23-25-27-29-31-36-33-34-37(35-36)32-30-28-26-24-22-20-18-16-14-12-10-8-6-4-2;/h33-34H,3-32,35H2,1-2H3;1H. The van der Waals surface area contributed by atoms with E-state index in [1.807, 2.05) is 0 Å². The van der Waals surface area contributed by atoms with Gasteiger partial charge in [-0.3, -0.25) is 4.90 Å². The Balaban J connectivity index is 0.0000137. The molecule has 0 aliphatic carbocycles. The minimum absolute atomic E-state index is 0. The van der Waals surface area contributed by atoms with Crippen LogP contribution in [0.5, 0.6) is 0 Å². The van der Waals surface area contributed by atoms with E-state index in [-0.39, 0.29) is 24.0 Å². The van der Waals surface area contributed by atoms with Gasteiger partial charge in [0.25, 0.3) is 0 Å². The molecule has 0 spiro atoms. The molecule has 2 nitrogen and oxygen atoms in total. The fourth-order valence-corrected chi connectivity index (χ4v) is 5.95. The van der Waals surface area contributed by atoms with Crippen LogP contribution in [-0.4, -0.2) is 24.7 Å². The van der Waals surface area contributed by atoms with Crippen LogP contribution in [0.15, 0.2) is 12.4 Å². The maximum atomic E-state index is 2.57. The maximum absolute atomic E-state index is 2.57. The van der Waals surface area contributed by atoms with Crippen LogP contribution in [-0.2, 0) is 0 Å². The second-order valence-corrected chi connectivity index (χ2v) is 12.4. The monoisotopic (exact) mass is 646 g/mol. The summed E-state index contributed by atoms with van der Waals surface area (Å²) in [6.45, 7) is 8.44. The SMILES string of the molecule is CCCCCCCCCCCCCCCCN1C=C[NH+](CCCCCCCCCCCCCCCC)C1.[I-]. The van der Waals surface area contributed by atoms with E-state index in [2.05, 4.69) is 31.1 Å². The van der Waals surface area contributed by atoms with Crippen molar-refractivity contribution in [1.29, 1.82) is 0 Å². The fourth-order valence-electron chi connectivity index (χ4n) is 5.95. The number of halogens is 1. The first-order chi connectivity index (χ1) is 18.4. The molecule has 1 unspecified atom stereocenters. The van der Waals surface area contributed by atoms with Gasteiger partial charge < -0.3 is 28.9 Å². The van der Waals surface area contributed by atoms with Crippen molar-refractivity contribution in [2.75, 3.05) is 19.8 Å². The van der Waals surface area contributed by atoms with Gasteiger partial charge in [-0.15, -0.1) is 0 Å². The van der Waals surface area contributed by atoms with Crippen LogP contribution in [0.4, 0.5) is 0 Å². The van der Waals surface area contributed by atoms with Crippen molar-refractivity contribution < 1.29 is 28.9 Å². The molecule has 0 aromatic rings. The van der Waals surface area contributed by atoms with E-state index in [4.69, 9.17) is 0 Å². The number of quaternary nitrogens is 1. The second kappa shape index (κ2) is 31.8. The van der Waals surface area contributed by atoms with Gasteiger partial charge >= 0.3 is 0 Å². The van der Waals surface area contributed by atoms with Gasteiger partial charge in [0.2, 0.25) is 0 Å². The van der Waals surface area contributed by atoms with Crippen molar-refractivity contribution in [2.45, 2.75) is 194 Å². The molecule has 3 heteroatoms. The molecule has 228 valence electrons. The fraction of sp³-hybridized carbons (Fsp3) is 0.943. The van der Waals surface area contributed by atoms with Crippen LogP contribution in [0.2, 0.25) is 0 Å². The Kier molecular flexibility index (Phi) is 31.9. The summed E-state index contributed by atoms with van der Waals surface area (Å²) in [5, 5.41) is 0. The van der Waals surface area contributed by atoms with Crippen molar-refractivity contribution in [3.05, 3.63) is 12.4 Å². The number of nitrogens with one attached hydrogen (secondary N) is 1. The van der Waals surface area contributed by atoms with Gasteiger partial charge in [-0.25, -0.2) is 0 Å². The van der Waals surface area contributed by atoms with Crippen LogP contribution in [0.3, 0.4) is 0 Å². The highest BCUT2D eigenvalue weighted by molar-refractivity contribution is 4.77. The van der Waals surface area contributed by atoms with E-state index in [1.54, 1.807) is 4.90 Å². The third-order valence-corrected chi connectivity index (χ3v) is 8.58. The Labute approximate surface area is 258 Å². The molecule has 1 aliphatic heterocycles. The molecule has 0 fully saturated rings. The Morgan fingerprint density at radius 1 is 0.447 bits per heavy atom. The first-order valence-corrected chi connectivity index (χ1v) is 17.6. The zero-order chi connectivity index (χ0) is 26.5. The summed E-state index contributed by atoms with van der Waals surface area (Å²) in [6, 6.07) is 0. The summed E-state index contributed by atoms with van der Waals surface area (Å²) >= 11 is 0. The van der Waals surface area contributed by atoms with E-state index in [0.717, 1.165) is 0 Å². The van der Waals surface area contributed by atoms with Gasteiger partial charge in [-0.2, -0.15) is 0 Å². The highest BCUT2D eigenvalue weighted by atomic mass is 127. The molecule has 1 rings (SSSR count). The number of nitrogens with zero attached hydrogens (tertiary/aromatic N) is 1. The van der Waals surface area contributed by atoms with E-state index in [0.29, 0.717) is 0 Å². The average Bonchev–Trinajstić information content (AvgIpc) is 3.36. The molecule has 0 amide bonds. The van der Waals surface area contributed by atoms with Gasteiger partial charge in [0, 0.05) is 6.54 Å². The van der Waals surface area contributed by atoms with Crippen molar-refractivity contribution in [3.63, 3.8) is 0 Å². The molecule has 0 aromatic heterocycles. The third-order valence-electron chi connectivity index (χ3n) is 8.58. The lowest BCUT2D eigenvalue weighted by molar-refractivity contribution is -0.849. The molecule has 1 atom stereocenters. The lowest BCUT2D eigenvalue weighted by Crippen LogP contribution is -3.07. The molecule has 0 saturated carbocycles. The summed E-state index contributed by atoms with van der Waals surface area (Å²) in [4.78, 5) is 4.25. The summed E-state index contributed by atoms with van der Waals surface area (Å²) in [6.07, 6.45) is 45.5. The lowest BCUT2D eigenvalue weighted by Gasteiger charge is -2.17. The number of hydrogen-bond acceptors (Lipinski definition) is 1. The van der Waals surface area contributed by atoms with E-state index in [1.165, 1.54) is 200 Å². The maximum Gasteiger partial charge on any atom is 0.156 e. The van der Waals surface area contributed by atoms with Crippen molar-refractivity contribution >= 4 is 0 Å². The predicted octanol–water partition coefficient (Wildman–Crippen LogP) is 7.58. The summed E-state index contributed by atoms with van der Waals surface area (Å²) in [7, 11) is 0. The van der Waals surface area contributed by atoms with Crippen LogP contribution in [0.25, 0.3) is 0 Å². The normalized spacial score (nSPS) is 14.9. The zero-order valence-electron chi connectivity index (χ0n) is 26.4. The molecule has 38 heavy (non-hydrogen) atoms. The summed E-state index contributed by atoms with van der Waals surface area (Å²) in [5.41, 5.74) is 0. The molecular formula is C35H71IN2. The number of unbranched alkanes of at least 4 members (excludes halogenated alkanes) is 26. The molecule has 0 bridgehead atoms. The van der Waals surface area contributed by atoms with Gasteiger partial charge in [0.15, 0.2) is 6.67 Å². The molecule has 0 saturated heterocycles. The van der Waals surface area contributed by atoms with Gasteiger partial charge in [-0.05, 0) is 19.3 Å². The minimum Gasteiger partial charge on any atom is -1.00 e. The highest BCUT2D eigenvalue weighted by Gasteiger charge is 2.15. The topological polar surface area (TPSA) is 7.68 Å². The highest BCUT2D eigenvalue weighted by Crippen LogP contribution is 2.14. The predicted molar refractivity (Wildman–Crippen MR) is 167 cm³/mol. The van der Waals surface area contributed by atoms with Gasteiger partial charge in [0.1, 0.15) is 6.20 Å². The van der Waals surface area contributed by atoms with Gasteiger partial charge in [-0.1, -0.05) is 174 Å². The van der Waals surface area contributed by atoms with Gasteiger partial charge in [0.05, 0.1) is 12.7 Å². The second-order valence-electron chi connectivity index (χ2n) is 12.4. The Bertz CT molecular complexity index is 427. The van der Waals surface area contributed by atoms with E-state index in [9.17, 15) is 0 Å². The molecule has 1 aliphatic rings. The van der Waals surface area contributed by atoms with Crippen molar-refractivity contribution in [2.24, 2.45) is 0 Å². The summed E-state index contributed by atoms with van der Waals surface area (Å²) in [5.74, 6) is 0. The van der Waals surface area contributed by atoms with E-state index >= 15 is 0 Å². The molecule has 1 heterocycles. The summed E-state index contributed by atoms with van der Waals surface area (Å²) < 4.78 is 0. The Morgan fingerprint density at radius 3 is 1.13 bits per heavy atom. The average molecular weight is 647 g/mol. The van der Waals surface area contributed by atoms with E-state index < -0.39 is 0 Å². The zero-order valence-corrected chi connectivity index (χ0v) is 28.6. The molecule has 1 N–H and O–H groups in total. The third kappa shape index (κ3) is 26.5. The minimum atomic E-state index is 0. The Morgan fingerprint density at radius 2 is 0.763 bits per heavy atom. The molecule has 0 aromatic carbocycles. The quantitative estimate of drug-likeness (QED) is 0.0625. The molecular weight excluding hydrogens is 575 g/mol. The Hall–Kier alpha value is 0.230. The smallest absolute Gasteiger partial charge is 0.156 e. The first kappa shape index (κ1) is 38.2. The first-order valence-electron chi connectivity index (χ1n) is 17.6.